The number of hydrogen-bond donors (Lipinski definition) is 0. The van der Waals surface area contributed by atoms with E-state index in [4.69, 9.17) is 0 Å². The monoisotopic (exact) mass is 234 g/mol. The maximum Gasteiger partial charge on any atom is 0.308 e. The van der Waals surface area contributed by atoms with Crippen LogP contribution in [0.2, 0.25) is 0 Å². The third-order valence-electron chi connectivity index (χ3n) is 2.78. The van der Waals surface area contributed by atoms with Gasteiger partial charge in [0.05, 0.1) is 13.0 Å². The molecule has 1 aromatic rings. The van der Waals surface area contributed by atoms with Crippen molar-refractivity contribution < 1.29 is 14.3 Å². The molecule has 0 aromatic heterocycles. The number of carbonyl (C=O) groups is 2. The fourth-order valence-corrected chi connectivity index (χ4v) is 1.80. The van der Waals surface area contributed by atoms with Crippen LogP contribution in [0.15, 0.2) is 18.2 Å². The van der Waals surface area contributed by atoms with Crippen LogP contribution in [0.25, 0.3) is 0 Å². The van der Waals surface area contributed by atoms with Gasteiger partial charge in [0, 0.05) is 12.0 Å². The van der Waals surface area contributed by atoms with Crippen LogP contribution in [0.5, 0.6) is 0 Å². The first-order valence-corrected chi connectivity index (χ1v) is 5.64. The van der Waals surface area contributed by atoms with E-state index in [1.165, 1.54) is 7.11 Å². The molecule has 0 heterocycles. The van der Waals surface area contributed by atoms with Crippen molar-refractivity contribution in [3.8, 4) is 0 Å². The maximum absolute atomic E-state index is 12.0. The van der Waals surface area contributed by atoms with Gasteiger partial charge in [-0.05, 0) is 19.4 Å². The summed E-state index contributed by atoms with van der Waals surface area (Å²) in [5, 5.41) is 0. The number of ether oxygens (including phenoxy) is 1. The quantitative estimate of drug-likeness (QED) is 0.594. The lowest BCUT2D eigenvalue weighted by Gasteiger charge is -2.10. The van der Waals surface area contributed by atoms with Crippen LogP contribution >= 0.6 is 0 Å². The molecule has 0 aliphatic rings. The molecule has 0 spiro atoms. The Hall–Kier alpha value is -1.64. The molecule has 3 heteroatoms. The van der Waals surface area contributed by atoms with E-state index in [2.05, 4.69) is 4.74 Å². The van der Waals surface area contributed by atoms with Crippen molar-refractivity contribution in [1.29, 1.82) is 0 Å². The van der Waals surface area contributed by atoms with Crippen molar-refractivity contribution in [1.82, 2.24) is 0 Å². The molecule has 92 valence electrons. The van der Waals surface area contributed by atoms with E-state index in [1.54, 1.807) is 6.92 Å². The summed E-state index contributed by atoms with van der Waals surface area (Å²) in [6, 6.07) is 5.69. The van der Waals surface area contributed by atoms with E-state index in [0.29, 0.717) is 5.56 Å². The van der Waals surface area contributed by atoms with Crippen molar-refractivity contribution in [3.05, 3.63) is 34.9 Å². The minimum absolute atomic E-state index is 0.0135. The number of methoxy groups -OCH3 is 1. The zero-order chi connectivity index (χ0) is 13.0. The summed E-state index contributed by atoms with van der Waals surface area (Å²) in [5.41, 5.74) is 2.76. The van der Waals surface area contributed by atoms with Gasteiger partial charge in [-0.1, -0.05) is 30.7 Å². The van der Waals surface area contributed by atoms with Gasteiger partial charge in [0.15, 0.2) is 5.78 Å². The molecule has 1 aromatic carbocycles. The summed E-state index contributed by atoms with van der Waals surface area (Å²) in [4.78, 5) is 23.2. The molecule has 1 atom stereocenters. The van der Waals surface area contributed by atoms with Gasteiger partial charge in [-0.25, -0.2) is 0 Å². The fraction of sp³-hybridized carbons (Fsp3) is 0.429. The average Bonchev–Trinajstić information content (AvgIpc) is 2.27. The standard InChI is InChI=1S/C14H18O3/c1-9-5-6-12(10(2)7-9)13(15)8-11(3)14(16)17-4/h5-7,11H,8H2,1-4H3. The third-order valence-corrected chi connectivity index (χ3v) is 2.78. The number of benzene rings is 1. The van der Waals surface area contributed by atoms with Crippen LogP contribution in [0.1, 0.15) is 34.8 Å². The molecule has 1 rings (SSSR count). The van der Waals surface area contributed by atoms with Crippen LogP contribution in [0.3, 0.4) is 0 Å². The van der Waals surface area contributed by atoms with E-state index in [-0.39, 0.29) is 18.2 Å². The van der Waals surface area contributed by atoms with Crippen LogP contribution in [0.4, 0.5) is 0 Å². The Morgan fingerprint density at radius 3 is 2.47 bits per heavy atom. The summed E-state index contributed by atoms with van der Waals surface area (Å²) in [5.74, 6) is -0.753. The number of esters is 1. The molecule has 0 radical (unpaired) electrons. The first-order valence-electron chi connectivity index (χ1n) is 5.64. The first-order chi connectivity index (χ1) is 7.95. The second-order valence-electron chi connectivity index (χ2n) is 4.37. The largest absolute Gasteiger partial charge is 0.469 e. The molecule has 0 saturated heterocycles. The number of aryl methyl sites for hydroxylation is 2. The zero-order valence-corrected chi connectivity index (χ0v) is 10.7. The van der Waals surface area contributed by atoms with Crippen LogP contribution < -0.4 is 0 Å². The molecule has 0 amide bonds. The van der Waals surface area contributed by atoms with Crippen LogP contribution in [0, 0.1) is 19.8 Å². The highest BCUT2D eigenvalue weighted by atomic mass is 16.5. The van der Waals surface area contributed by atoms with Crippen molar-refractivity contribution in [2.45, 2.75) is 27.2 Å². The second kappa shape index (κ2) is 5.62. The van der Waals surface area contributed by atoms with Crippen LogP contribution in [-0.4, -0.2) is 18.9 Å². The Labute approximate surface area is 102 Å². The van der Waals surface area contributed by atoms with Crippen molar-refractivity contribution in [2.24, 2.45) is 5.92 Å². The highest BCUT2D eigenvalue weighted by Gasteiger charge is 2.19. The van der Waals surface area contributed by atoms with Gasteiger partial charge in [0.2, 0.25) is 0 Å². The molecule has 3 nitrogen and oxygen atoms in total. The highest BCUT2D eigenvalue weighted by Crippen LogP contribution is 2.16. The van der Waals surface area contributed by atoms with Crippen molar-refractivity contribution in [3.63, 3.8) is 0 Å². The Bertz CT molecular complexity index is 435. The van der Waals surface area contributed by atoms with Crippen LogP contribution in [-0.2, 0) is 9.53 Å². The van der Waals surface area contributed by atoms with Gasteiger partial charge >= 0.3 is 5.97 Å². The molecule has 0 aliphatic heterocycles. The molecule has 1 unspecified atom stereocenters. The number of carbonyl (C=O) groups excluding carboxylic acids is 2. The number of rotatable bonds is 4. The Morgan fingerprint density at radius 2 is 1.94 bits per heavy atom. The van der Waals surface area contributed by atoms with Crippen molar-refractivity contribution >= 4 is 11.8 Å². The van der Waals surface area contributed by atoms with Gasteiger partial charge < -0.3 is 4.74 Å². The topological polar surface area (TPSA) is 43.4 Å². The summed E-state index contributed by atoms with van der Waals surface area (Å²) >= 11 is 0. The third kappa shape index (κ3) is 3.41. The molecule has 0 bridgehead atoms. The fourth-order valence-electron chi connectivity index (χ4n) is 1.80. The van der Waals surface area contributed by atoms with Crippen molar-refractivity contribution in [2.75, 3.05) is 7.11 Å². The SMILES string of the molecule is COC(=O)C(C)CC(=O)c1ccc(C)cc1C. The predicted molar refractivity (Wildman–Crippen MR) is 66.0 cm³/mol. The van der Waals surface area contributed by atoms with Gasteiger partial charge in [-0.2, -0.15) is 0 Å². The lowest BCUT2D eigenvalue weighted by molar-refractivity contribution is -0.144. The molecule has 17 heavy (non-hydrogen) atoms. The molecular formula is C14H18O3. The van der Waals surface area contributed by atoms with Gasteiger partial charge in [0.25, 0.3) is 0 Å². The normalized spacial score (nSPS) is 12.0. The minimum Gasteiger partial charge on any atom is -0.469 e. The highest BCUT2D eigenvalue weighted by molar-refractivity contribution is 5.99. The molecule has 0 fully saturated rings. The molecule has 0 saturated carbocycles. The lowest BCUT2D eigenvalue weighted by atomic mass is 9.96. The lowest BCUT2D eigenvalue weighted by Crippen LogP contribution is -2.17. The molecular weight excluding hydrogens is 216 g/mol. The molecule has 0 N–H and O–H groups in total. The Morgan fingerprint density at radius 1 is 1.29 bits per heavy atom. The Balaban J connectivity index is 2.80. The van der Waals surface area contributed by atoms with E-state index in [0.717, 1.165) is 11.1 Å². The van der Waals surface area contributed by atoms with E-state index >= 15 is 0 Å². The minimum atomic E-state index is -0.395. The Kier molecular flexibility index (Phi) is 4.44. The predicted octanol–water partition coefficient (Wildman–Crippen LogP) is 2.69. The van der Waals surface area contributed by atoms with E-state index in [1.807, 2.05) is 32.0 Å². The number of ketones is 1. The number of Topliss-reactive ketones (excluding diaryl/α,β-unsaturated/α-hetero) is 1. The summed E-state index contributed by atoms with van der Waals surface area (Å²) in [6.07, 6.45) is 0.191. The zero-order valence-electron chi connectivity index (χ0n) is 10.7. The second-order valence-corrected chi connectivity index (χ2v) is 4.37. The number of hydrogen-bond acceptors (Lipinski definition) is 3. The summed E-state index contributed by atoms with van der Waals surface area (Å²) in [7, 11) is 1.33. The molecule has 0 aliphatic carbocycles. The van der Waals surface area contributed by atoms with E-state index in [9.17, 15) is 9.59 Å². The van der Waals surface area contributed by atoms with E-state index < -0.39 is 5.92 Å². The average molecular weight is 234 g/mol. The summed E-state index contributed by atoms with van der Waals surface area (Å²) < 4.78 is 4.61. The maximum atomic E-state index is 12.0. The first kappa shape index (κ1) is 13.4. The van der Waals surface area contributed by atoms with Gasteiger partial charge in [0.1, 0.15) is 0 Å². The van der Waals surface area contributed by atoms with Gasteiger partial charge in [-0.3, -0.25) is 9.59 Å². The smallest absolute Gasteiger partial charge is 0.308 e. The van der Waals surface area contributed by atoms with Gasteiger partial charge in [-0.15, -0.1) is 0 Å². The summed E-state index contributed by atoms with van der Waals surface area (Å²) in [6.45, 7) is 5.59.